The zero-order chi connectivity index (χ0) is 21.0. The van der Waals surface area contributed by atoms with E-state index in [0.717, 1.165) is 42.3 Å². The van der Waals surface area contributed by atoms with E-state index in [1.807, 2.05) is 47.4 Å². The predicted molar refractivity (Wildman–Crippen MR) is 122 cm³/mol. The first kappa shape index (κ1) is 19.6. The van der Waals surface area contributed by atoms with Gasteiger partial charge in [0.2, 0.25) is 0 Å². The van der Waals surface area contributed by atoms with Gasteiger partial charge >= 0.3 is 0 Å². The van der Waals surface area contributed by atoms with E-state index >= 15 is 0 Å². The molecule has 1 fully saturated rings. The first-order valence-corrected chi connectivity index (χ1v) is 11.0. The maximum atomic E-state index is 13.6. The van der Waals surface area contributed by atoms with Gasteiger partial charge in [-0.2, -0.15) is 0 Å². The molecule has 4 aromatic rings. The van der Waals surface area contributed by atoms with Gasteiger partial charge in [0.05, 0.1) is 23.9 Å². The fourth-order valence-corrected chi connectivity index (χ4v) is 4.74. The van der Waals surface area contributed by atoms with Crippen molar-refractivity contribution in [1.29, 1.82) is 0 Å². The highest BCUT2D eigenvalue weighted by atomic mass is 16.3. The lowest BCUT2D eigenvalue weighted by atomic mass is 9.81. The van der Waals surface area contributed by atoms with E-state index in [1.54, 1.807) is 12.5 Å². The van der Waals surface area contributed by atoms with Gasteiger partial charge in [0.1, 0.15) is 5.76 Å². The zero-order valence-electron chi connectivity index (χ0n) is 17.5. The maximum Gasteiger partial charge on any atom is 0.256 e. The van der Waals surface area contributed by atoms with E-state index in [0.29, 0.717) is 18.0 Å². The van der Waals surface area contributed by atoms with Crippen molar-refractivity contribution < 1.29 is 9.21 Å². The number of fused-ring (bicyclic) bond motifs is 1. The first-order chi connectivity index (χ1) is 15.3. The number of furan rings is 1. The van der Waals surface area contributed by atoms with Gasteiger partial charge in [0.15, 0.2) is 0 Å². The lowest BCUT2D eigenvalue weighted by Crippen LogP contribution is -2.41. The number of nitrogens with zero attached hydrogens (tertiary/aromatic N) is 2. The Bertz CT molecular complexity index is 1150. The van der Waals surface area contributed by atoms with Gasteiger partial charge in [-0.05, 0) is 61.4 Å². The summed E-state index contributed by atoms with van der Waals surface area (Å²) in [6, 6.07) is 24.6. The standard InChI is InChI=1S/C27H26N2O2/c30-27(23-17-22-9-4-5-11-26(22)28-18-23)29(19-25-10-6-16-31-25)24-14-12-21(13-15-24)20-7-2-1-3-8-20/h1-11,16-18,21,24H,12-15,19H2. The van der Waals surface area contributed by atoms with Gasteiger partial charge in [-0.1, -0.05) is 48.5 Å². The third-order valence-electron chi connectivity index (χ3n) is 6.41. The highest BCUT2D eigenvalue weighted by Gasteiger charge is 2.30. The number of hydrogen-bond donors (Lipinski definition) is 0. The summed E-state index contributed by atoms with van der Waals surface area (Å²) < 4.78 is 5.59. The van der Waals surface area contributed by atoms with Crippen molar-refractivity contribution in [1.82, 2.24) is 9.88 Å². The maximum absolute atomic E-state index is 13.6. The number of hydrogen-bond acceptors (Lipinski definition) is 3. The van der Waals surface area contributed by atoms with Crippen molar-refractivity contribution in [3.05, 3.63) is 102 Å². The molecule has 0 bridgehead atoms. The third kappa shape index (κ3) is 4.24. The normalized spacial score (nSPS) is 18.7. The molecule has 2 heterocycles. The van der Waals surface area contributed by atoms with E-state index in [1.165, 1.54) is 5.56 Å². The van der Waals surface area contributed by atoms with Crippen LogP contribution in [0.4, 0.5) is 0 Å². The summed E-state index contributed by atoms with van der Waals surface area (Å²) in [4.78, 5) is 20.1. The van der Waals surface area contributed by atoms with Crippen LogP contribution in [-0.2, 0) is 6.54 Å². The van der Waals surface area contributed by atoms with E-state index in [2.05, 4.69) is 35.3 Å². The second-order valence-electron chi connectivity index (χ2n) is 8.35. The molecule has 1 saturated carbocycles. The number of para-hydroxylation sites is 1. The number of aromatic nitrogens is 1. The lowest BCUT2D eigenvalue weighted by Gasteiger charge is -2.37. The SMILES string of the molecule is O=C(c1cnc2ccccc2c1)N(Cc1ccco1)C1CCC(c2ccccc2)CC1. The molecule has 1 aliphatic carbocycles. The molecule has 1 aliphatic rings. The largest absolute Gasteiger partial charge is 0.467 e. The monoisotopic (exact) mass is 410 g/mol. The van der Waals surface area contributed by atoms with Crippen molar-refractivity contribution in [2.45, 2.75) is 44.2 Å². The molecule has 5 rings (SSSR count). The van der Waals surface area contributed by atoms with Crippen LogP contribution in [-0.4, -0.2) is 21.8 Å². The Kier molecular flexibility index (Phi) is 5.53. The number of amides is 1. The number of rotatable bonds is 5. The molecule has 0 N–H and O–H groups in total. The van der Waals surface area contributed by atoms with Crippen LogP contribution in [0.1, 0.15) is 53.3 Å². The molecule has 4 nitrogen and oxygen atoms in total. The van der Waals surface area contributed by atoms with Crippen molar-refractivity contribution in [3.63, 3.8) is 0 Å². The van der Waals surface area contributed by atoms with E-state index in [9.17, 15) is 4.79 Å². The number of carbonyl (C=O) groups is 1. The molecule has 0 atom stereocenters. The van der Waals surface area contributed by atoms with Gasteiger partial charge < -0.3 is 9.32 Å². The zero-order valence-corrected chi connectivity index (χ0v) is 17.5. The minimum absolute atomic E-state index is 0.0258. The Balaban J connectivity index is 1.38. The molecular formula is C27H26N2O2. The smallest absolute Gasteiger partial charge is 0.256 e. The summed E-state index contributed by atoms with van der Waals surface area (Å²) in [5, 5.41) is 0.985. The Morgan fingerprint density at radius 3 is 2.48 bits per heavy atom. The van der Waals surface area contributed by atoms with Crippen LogP contribution >= 0.6 is 0 Å². The molecule has 0 saturated heterocycles. The summed E-state index contributed by atoms with van der Waals surface area (Å²) in [6.45, 7) is 0.485. The molecule has 0 aliphatic heterocycles. The quantitative estimate of drug-likeness (QED) is 0.394. The van der Waals surface area contributed by atoms with E-state index in [4.69, 9.17) is 4.42 Å². The average Bonchev–Trinajstić information content (AvgIpc) is 3.36. The Labute approximate surface area is 182 Å². The number of benzene rings is 2. The van der Waals surface area contributed by atoms with Crippen LogP contribution in [0.5, 0.6) is 0 Å². The minimum atomic E-state index is 0.0258. The first-order valence-electron chi connectivity index (χ1n) is 11.0. The summed E-state index contributed by atoms with van der Waals surface area (Å²) in [7, 11) is 0. The molecule has 0 radical (unpaired) electrons. The van der Waals surface area contributed by atoms with E-state index < -0.39 is 0 Å². The molecule has 0 spiro atoms. The molecule has 156 valence electrons. The molecule has 1 amide bonds. The Morgan fingerprint density at radius 1 is 0.935 bits per heavy atom. The average molecular weight is 411 g/mol. The van der Waals surface area contributed by atoms with Gasteiger partial charge in [0, 0.05) is 17.6 Å². The van der Waals surface area contributed by atoms with Crippen LogP contribution < -0.4 is 0 Å². The topological polar surface area (TPSA) is 46.3 Å². The van der Waals surface area contributed by atoms with Crippen LogP contribution in [0.15, 0.2) is 89.7 Å². The highest BCUT2D eigenvalue weighted by molar-refractivity contribution is 5.97. The Hall–Kier alpha value is -3.40. The van der Waals surface area contributed by atoms with Crippen molar-refractivity contribution >= 4 is 16.8 Å². The summed E-state index contributed by atoms with van der Waals surface area (Å²) in [6.07, 6.45) is 7.54. The molecule has 31 heavy (non-hydrogen) atoms. The van der Waals surface area contributed by atoms with Gasteiger partial charge in [-0.25, -0.2) is 0 Å². The molecule has 2 aromatic heterocycles. The number of pyridine rings is 1. The van der Waals surface area contributed by atoms with Gasteiger partial charge in [-0.15, -0.1) is 0 Å². The molecule has 0 unspecified atom stereocenters. The molecule has 4 heteroatoms. The minimum Gasteiger partial charge on any atom is -0.467 e. The molecule has 2 aromatic carbocycles. The second-order valence-corrected chi connectivity index (χ2v) is 8.35. The predicted octanol–water partition coefficient (Wildman–Crippen LogP) is 6.20. The van der Waals surface area contributed by atoms with Crippen molar-refractivity contribution in [3.8, 4) is 0 Å². The second kappa shape index (κ2) is 8.76. The van der Waals surface area contributed by atoms with Crippen LogP contribution in [0.2, 0.25) is 0 Å². The van der Waals surface area contributed by atoms with Crippen LogP contribution in [0.3, 0.4) is 0 Å². The third-order valence-corrected chi connectivity index (χ3v) is 6.41. The summed E-state index contributed by atoms with van der Waals surface area (Å²) in [5.41, 5.74) is 2.94. The van der Waals surface area contributed by atoms with Crippen molar-refractivity contribution in [2.24, 2.45) is 0 Å². The van der Waals surface area contributed by atoms with Crippen molar-refractivity contribution in [2.75, 3.05) is 0 Å². The fourth-order valence-electron chi connectivity index (χ4n) is 4.74. The van der Waals surface area contributed by atoms with E-state index in [-0.39, 0.29) is 11.9 Å². The van der Waals surface area contributed by atoms with Gasteiger partial charge in [0.25, 0.3) is 5.91 Å². The fraction of sp³-hybridized carbons (Fsp3) is 0.259. The summed E-state index contributed by atoms with van der Waals surface area (Å²) in [5.74, 6) is 1.41. The summed E-state index contributed by atoms with van der Waals surface area (Å²) >= 11 is 0. The highest BCUT2D eigenvalue weighted by Crippen LogP contribution is 2.35. The molecular weight excluding hydrogens is 384 g/mol. The lowest BCUT2D eigenvalue weighted by molar-refractivity contribution is 0.0587. The van der Waals surface area contributed by atoms with Crippen LogP contribution in [0.25, 0.3) is 10.9 Å². The Morgan fingerprint density at radius 2 is 1.71 bits per heavy atom. The van der Waals surface area contributed by atoms with Crippen LogP contribution in [0, 0.1) is 0 Å². The van der Waals surface area contributed by atoms with Gasteiger partial charge in [-0.3, -0.25) is 9.78 Å². The number of carbonyl (C=O) groups excluding carboxylic acids is 1.